The van der Waals surface area contributed by atoms with Crippen molar-refractivity contribution in [1.29, 1.82) is 0 Å². The Morgan fingerprint density at radius 3 is 2.71 bits per heavy atom. The molecule has 3 atom stereocenters. The summed E-state index contributed by atoms with van der Waals surface area (Å²) in [6.07, 6.45) is -2.01. The van der Waals surface area contributed by atoms with Gasteiger partial charge in [0.25, 0.3) is 0 Å². The van der Waals surface area contributed by atoms with Gasteiger partial charge in [0.05, 0.1) is 19.1 Å². The lowest BCUT2D eigenvalue weighted by atomic mass is 10.3. The average Bonchev–Trinajstić information content (AvgIpc) is 3.05. The summed E-state index contributed by atoms with van der Waals surface area (Å²) in [5.41, 5.74) is 0. The number of hydrogen-bond donors (Lipinski definition) is 0. The molecule has 2 rings (SSSR count). The van der Waals surface area contributed by atoms with Gasteiger partial charge in [0, 0.05) is 0 Å². The minimum absolute atomic E-state index is 0.0802. The van der Waals surface area contributed by atoms with E-state index in [4.69, 9.17) is 18.9 Å². The lowest BCUT2D eigenvalue weighted by Crippen LogP contribution is -2.45. The average molecular weight is 244 g/mol. The van der Waals surface area contributed by atoms with Gasteiger partial charge in [0.2, 0.25) is 6.10 Å². The van der Waals surface area contributed by atoms with E-state index >= 15 is 0 Å². The molecule has 0 amide bonds. The summed E-state index contributed by atoms with van der Waals surface area (Å²) >= 11 is 0. The van der Waals surface area contributed by atoms with Crippen molar-refractivity contribution >= 4 is 17.9 Å². The van der Waals surface area contributed by atoms with Crippen LogP contribution in [0.25, 0.3) is 0 Å². The van der Waals surface area contributed by atoms with Crippen molar-refractivity contribution in [3.63, 3.8) is 0 Å². The van der Waals surface area contributed by atoms with Crippen LogP contribution >= 0.6 is 0 Å². The fourth-order valence-electron chi connectivity index (χ4n) is 1.28. The van der Waals surface area contributed by atoms with Crippen molar-refractivity contribution in [2.24, 2.45) is 0 Å². The van der Waals surface area contributed by atoms with Crippen molar-refractivity contribution in [2.45, 2.75) is 31.7 Å². The van der Waals surface area contributed by atoms with Crippen molar-refractivity contribution in [3.05, 3.63) is 0 Å². The summed E-state index contributed by atoms with van der Waals surface area (Å²) in [6.45, 7) is 1.64. The molecule has 0 aromatic rings. The number of esters is 3. The van der Waals surface area contributed by atoms with E-state index in [0.29, 0.717) is 6.61 Å². The Bertz CT molecular complexity index is 347. The quantitative estimate of drug-likeness (QED) is 0.362. The van der Waals surface area contributed by atoms with Gasteiger partial charge >= 0.3 is 17.9 Å². The molecule has 0 saturated carbocycles. The van der Waals surface area contributed by atoms with Crippen LogP contribution in [-0.2, 0) is 33.3 Å². The monoisotopic (exact) mass is 244 g/mol. The molecule has 0 bridgehead atoms. The van der Waals surface area contributed by atoms with E-state index in [1.165, 1.54) is 6.92 Å². The fraction of sp³-hybridized carbons (Fsp3) is 0.700. The van der Waals surface area contributed by atoms with E-state index in [0.717, 1.165) is 0 Å². The molecule has 7 heteroatoms. The predicted molar refractivity (Wildman–Crippen MR) is 50.8 cm³/mol. The maximum atomic E-state index is 11.3. The summed E-state index contributed by atoms with van der Waals surface area (Å²) in [4.78, 5) is 33.6. The third-order valence-corrected chi connectivity index (χ3v) is 2.34. The normalized spacial score (nSPS) is 31.5. The maximum absolute atomic E-state index is 11.3. The molecule has 3 unspecified atom stereocenters. The summed E-state index contributed by atoms with van der Waals surface area (Å²) in [5.74, 6) is -1.83. The Morgan fingerprint density at radius 2 is 2.06 bits per heavy atom. The first-order valence-corrected chi connectivity index (χ1v) is 5.24. The largest absolute Gasteiger partial charge is 0.461 e. The van der Waals surface area contributed by atoms with Crippen LogP contribution < -0.4 is 0 Å². The molecule has 0 aliphatic carbocycles. The second-order valence-electron chi connectivity index (χ2n) is 3.85. The highest BCUT2D eigenvalue weighted by Gasteiger charge is 2.37. The number of epoxide rings is 1. The highest BCUT2D eigenvalue weighted by Crippen LogP contribution is 2.15. The van der Waals surface area contributed by atoms with Crippen LogP contribution in [0.1, 0.15) is 13.3 Å². The summed E-state index contributed by atoms with van der Waals surface area (Å²) < 4.78 is 19.1. The van der Waals surface area contributed by atoms with Crippen molar-refractivity contribution in [3.8, 4) is 0 Å². The second-order valence-corrected chi connectivity index (χ2v) is 3.85. The minimum Gasteiger partial charge on any atom is -0.461 e. The van der Waals surface area contributed by atoms with Gasteiger partial charge < -0.3 is 18.9 Å². The number of carbonyl (C=O) groups is 3. The predicted octanol–water partition coefficient (Wildman–Crippen LogP) is -0.824. The summed E-state index contributed by atoms with van der Waals surface area (Å²) in [6, 6.07) is 0. The Morgan fingerprint density at radius 1 is 1.35 bits per heavy atom. The van der Waals surface area contributed by atoms with E-state index in [-0.39, 0.29) is 19.1 Å². The van der Waals surface area contributed by atoms with E-state index in [9.17, 15) is 14.4 Å². The van der Waals surface area contributed by atoms with Crippen LogP contribution in [0.15, 0.2) is 0 Å². The molecule has 2 fully saturated rings. The molecule has 2 saturated heterocycles. The zero-order chi connectivity index (χ0) is 12.4. The first-order chi connectivity index (χ1) is 8.06. The lowest BCUT2D eigenvalue weighted by molar-refractivity contribution is -0.198. The SMILES string of the molecule is CC1OC(=O)C(COC(=O)CC2CO2)OC1=O. The van der Waals surface area contributed by atoms with Gasteiger partial charge in [-0.25, -0.2) is 9.59 Å². The van der Waals surface area contributed by atoms with Crippen molar-refractivity contribution in [2.75, 3.05) is 13.2 Å². The molecule has 94 valence electrons. The first kappa shape index (κ1) is 11.8. The van der Waals surface area contributed by atoms with Gasteiger partial charge in [0.15, 0.2) is 6.10 Å². The number of rotatable bonds is 4. The van der Waals surface area contributed by atoms with E-state index in [2.05, 4.69) is 0 Å². The highest BCUT2D eigenvalue weighted by molar-refractivity contribution is 5.87. The third kappa shape index (κ3) is 3.16. The van der Waals surface area contributed by atoms with Crippen LogP contribution in [0.2, 0.25) is 0 Å². The fourth-order valence-corrected chi connectivity index (χ4v) is 1.28. The summed E-state index contributed by atoms with van der Waals surface area (Å²) in [7, 11) is 0. The molecule has 0 aromatic carbocycles. The molecule has 0 N–H and O–H groups in total. The standard InChI is InChI=1S/C10H12O7/c1-5-9(12)17-7(10(13)16-5)4-15-8(11)2-6-3-14-6/h5-7H,2-4H2,1H3. The Balaban J connectivity index is 1.75. The van der Waals surface area contributed by atoms with Gasteiger partial charge in [-0.2, -0.15) is 0 Å². The molecule has 0 radical (unpaired) electrons. The molecular formula is C10H12O7. The minimum atomic E-state index is -1.16. The lowest BCUT2D eigenvalue weighted by Gasteiger charge is -2.24. The van der Waals surface area contributed by atoms with Gasteiger partial charge in [-0.15, -0.1) is 0 Å². The number of cyclic esters (lactones) is 2. The van der Waals surface area contributed by atoms with E-state index in [1.807, 2.05) is 0 Å². The Labute approximate surface area is 97.0 Å². The van der Waals surface area contributed by atoms with Gasteiger partial charge in [-0.05, 0) is 6.92 Å². The number of hydrogen-bond acceptors (Lipinski definition) is 7. The molecule has 0 aromatic heterocycles. The summed E-state index contributed by atoms with van der Waals surface area (Å²) in [5, 5.41) is 0. The first-order valence-electron chi connectivity index (χ1n) is 5.24. The zero-order valence-electron chi connectivity index (χ0n) is 9.21. The molecule has 2 heterocycles. The molecule has 7 nitrogen and oxygen atoms in total. The van der Waals surface area contributed by atoms with Gasteiger partial charge in [0.1, 0.15) is 6.61 Å². The van der Waals surface area contributed by atoms with Crippen molar-refractivity contribution < 1.29 is 33.3 Å². The van der Waals surface area contributed by atoms with Crippen LogP contribution in [0, 0.1) is 0 Å². The van der Waals surface area contributed by atoms with Crippen LogP contribution in [0.4, 0.5) is 0 Å². The van der Waals surface area contributed by atoms with Crippen LogP contribution in [0.3, 0.4) is 0 Å². The van der Waals surface area contributed by atoms with Crippen LogP contribution in [0.5, 0.6) is 0 Å². The van der Waals surface area contributed by atoms with E-state index in [1.54, 1.807) is 0 Å². The van der Waals surface area contributed by atoms with Gasteiger partial charge in [-0.1, -0.05) is 0 Å². The van der Waals surface area contributed by atoms with Crippen molar-refractivity contribution in [1.82, 2.24) is 0 Å². The maximum Gasteiger partial charge on any atom is 0.351 e. The topological polar surface area (TPSA) is 91.4 Å². The second kappa shape index (κ2) is 4.70. The highest BCUT2D eigenvalue weighted by atomic mass is 16.7. The smallest absolute Gasteiger partial charge is 0.351 e. The molecule has 2 aliphatic heterocycles. The zero-order valence-corrected chi connectivity index (χ0v) is 9.21. The van der Waals surface area contributed by atoms with E-state index < -0.39 is 30.1 Å². The molecular weight excluding hydrogens is 232 g/mol. The Kier molecular flexibility index (Phi) is 3.28. The molecule has 0 spiro atoms. The molecule has 2 aliphatic rings. The third-order valence-electron chi connectivity index (χ3n) is 2.34. The van der Waals surface area contributed by atoms with Crippen LogP contribution in [-0.4, -0.2) is 49.4 Å². The number of ether oxygens (including phenoxy) is 4. The number of carbonyl (C=O) groups excluding carboxylic acids is 3. The van der Waals surface area contributed by atoms with Gasteiger partial charge in [-0.3, -0.25) is 4.79 Å². The molecule has 17 heavy (non-hydrogen) atoms. The Hall–Kier alpha value is -1.63.